The summed E-state index contributed by atoms with van der Waals surface area (Å²) in [5, 5.41) is 11.2. The summed E-state index contributed by atoms with van der Waals surface area (Å²) in [5.41, 5.74) is 1.36. The molecule has 2 aromatic rings. The van der Waals surface area contributed by atoms with Crippen LogP contribution in [0.25, 0.3) is 11.0 Å². The predicted octanol–water partition coefficient (Wildman–Crippen LogP) is 1.76. The van der Waals surface area contributed by atoms with Crippen LogP contribution in [0.15, 0.2) is 12.1 Å². The Bertz CT molecular complexity index is 598. The number of rotatable bonds is 3. The maximum absolute atomic E-state index is 11.3. The van der Waals surface area contributed by atoms with Gasteiger partial charge in [0.2, 0.25) is 5.91 Å². The molecule has 17 heavy (non-hydrogen) atoms. The Hall–Kier alpha value is -1.73. The Labute approximate surface area is 105 Å². The number of carbonyl (C=O) groups excluding carboxylic acids is 1. The molecule has 0 aliphatic heterocycles. The largest absolute Gasteiger partial charge is 0.481 e. The van der Waals surface area contributed by atoms with Crippen molar-refractivity contribution in [1.82, 2.24) is 8.75 Å². The molecule has 2 rings (SSSR count). The highest BCUT2D eigenvalue weighted by molar-refractivity contribution is 7.00. The van der Waals surface area contributed by atoms with Gasteiger partial charge in [-0.3, -0.25) is 9.59 Å². The lowest BCUT2D eigenvalue weighted by Crippen LogP contribution is -2.16. The standard InChI is InChI=1S/C9H6ClN3O3S/c10-4-1-2-5-9(13-17-12-5)8(4)11-6(14)3-7(15)16/h1-2H,3H2,(H,11,14)(H,15,16). The van der Waals surface area contributed by atoms with Crippen LogP contribution >= 0.6 is 23.3 Å². The minimum atomic E-state index is -1.21. The van der Waals surface area contributed by atoms with Crippen LogP contribution in [-0.4, -0.2) is 25.7 Å². The van der Waals surface area contributed by atoms with Crippen molar-refractivity contribution in [3.05, 3.63) is 17.2 Å². The van der Waals surface area contributed by atoms with Crippen molar-refractivity contribution in [2.24, 2.45) is 0 Å². The first kappa shape index (κ1) is 11.7. The number of hydrogen-bond acceptors (Lipinski definition) is 5. The van der Waals surface area contributed by atoms with E-state index < -0.39 is 18.3 Å². The molecule has 0 bridgehead atoms. The molecule has 6 nitrogen and oxygen atoms in total. The van der Waals surface area contributed by atoms with Gasteiger partial charge < -0.3 is 10.4 Å². The smallest absolute Gasteiger partial charge is 0.312 e. The molecule has 0 spiro atoms. The molecule has 1 aromatic carbocycles. The molecule has 88 valence electrons. The van der Waals surface area contributed by atoms with Gasteiger partial charge in [0, 0.05) is 0 Å². The van der Waals surface area contributed by atoms with Gasteiger partial charge in [0.1, 0.15) is 17.5 Å². The van der Waals surface area contributed by atoms with E-state index in [0.29, 0.717) is 21.7 Å². The van der Waals surface area contributed by atoms with Crippen LogP contribution < -0.4 is 5.32 Å². The lowest BCUT2D eigenvalue weighted by atomic mass is 10.2. The second-order valence-corrected chi connectivity index (χ2v) is 4.11. The number of carboxylic acids is 1. The van der Waals surface area contributed by atoms with E-state index in [2.05, 4.69) is 14.1 Å². The minimum Gasteiger partial charge on any atom is -0.481 e. The molecule has 0 saturated heterocycles. The summed E-state index contributed by atoms with van der Waals surface area (Å²) in [6, 6.07) is 3.25. The normalized spacial score (nSPS) is 10.4. The van der Waals surface area contributed by atoms with Crippen LogP contribution in [0.5, 0.6) is 0 Å². The lowest BCUT2D eigenvalue weighted by molar-refractivity contribution is -0.139. The molecule has 0 radical (unpaired) electrons. The number of aromatic nitrogens is 2. The van der Waals surface area contributed by atoms with Crippen LogP contribution in [0.3, 0.4) is 0 Å². The second-order valence-electron chi connectivity index (χ2n) is 3.17. The third kappa shape index (κ3) is 2.51. The van der Waals surface area contributed by atoms with Gasteiger partial charge in [-0.2, -0.15) is 8.75 Å². The quantitative estimate of drug-likeness (QED) is 0.830. The summed E-state index contributed by atoms with van der Waals surface area (Å²) in [4.78, 5) is 21.7. The zero-order valence-electron chi connectivity index (χ0n) is 8.31. The molecular weight excluding hydrogens is 266 g/mol. The van der Waals surface area contributed by atoms with Crippen LogP contribution in [0.1, 0.15) is 6.42 Å². The van der Waals surface area contributed by atoms with Crippen molar-refractivity contribution in [2.75, 3.05) is 5.32 Å². The number of nitrogens with zero attached hydrogens (tertiary/aromatic N) is 2. The van der Waals surface area contributed by atoms with E-state index in [0.717, 1.165) is 11.7 Å². The summed E-state index contributed by atoms with van der Waals surface area (Å²) in [7, 11) is 0. The number of benzene rings is 1. The van der Waals surface area contributed by atoms with Gasteiger partial charge >= 0.3 is 5.97 Å². The van der Waals surface area contributed by atoms with E-state index in [1.54, 1.807) is 12.1 Å². The van der Waals surface area contributed by atoms with E-state index in [1.807, 2.05) is 0 Å². The van der Waals surface area contributed by atoms with Crippen LogP contribution in [-0.2, 0) is 9.59 Å². The Balaban J connectivity index is 2.34. The lowest BCUT2D eigenvalue weighted by Gasteiger charge is -2.05. The summed E-state index contributed by atoms with van der Waals surface area (Å²) in [5.74, 6) is -1.86. The molecule has 0 unspecified atom stereocenters. The third-order valence-corrected chi connectivity index (χ3v) is 2.81. The van der Waals surface area contributed by atoms with Crippen molar-refractivity contribution >= 4 is 51.9 Å². The fourth-order valence-electron chi connectivity index (χ4n) is 1.27. The highest BCUT2D eigenvalue weighted by Crippen LogP contribution is 2.29. The number of anilines is 1. The molecular formula is C9H6ClN3O3S. The SMILES string of the molecule is O=C(O)CC(=O)Nc1c(Cl)ccc2nsnc12. The van der Waals surface area contributed by atoms with Crippen molar-refractivity contribution in [3.8, 4) is 0 Å². The zero-order chi connectivity index (χ0) is 12.4. The molecule has 1 amide bonds. The number of hydrogen-bond donors (Lipinski definition) is 2. The summed E-state index contributed by atoms with van der Waals surface area (Å²) < 4.78 is 7.99. The van der Waals surface area contributed by atoms with Crippen LogP contribution in [0.2, 0.25) is 5.02 Å². The highest BCUT2D eigenvalue weighted by Gasteiger charge is 2.14. The average Bonchev–Trinajstić information content (AvgIpc) is 2.69. The molecule has 0 fully saturated rings. The van der Waals surface area contributed by atoms with Gasteiger partial charge in [0.25, 0.3) is 0 Å². The van der Waals surface area contributed by atoms with Crippen molar-refractivity contribution < 1.29 is 14.7 Å². The molecule has 8 heteroatoms. The van der Waals surface area contributed by atoms with E-state index in [9.17, 15) is 9.59 Å². The number of amides is 1. The van der Waals surface area contributed by atoms with Gasteiger partial charge in [-0.05, 0) is 12.1 Å². The zero-order valence-corrected chi connectivity index (χ0v) is 9.88. The van der Waals surface area contributed by atoms with Crippen molar-refractivity contribution in [3.63, 3.8) is 0 Å². The topological polar surface area (TPSA) is 92.2 Å². The maximum Gasteiger partial charge on any atom is 0.312 e. The third-order valence-electron chi connectivity index (χ3n) is 1.95. The number of aliphatic carboxylic acids is 1. The highest BCUT2D eigenvalue weighted by atomic mass is 35.5. The fourth-order valence-corrected chi connectivity index (χ4v) is 2.01. The van der Waals surface area contributed by atoms with Gasteiger partial charge in [0.15, 0.2) is 0 Å². The van der Waals surface area contributed by atoms with E-state index in [4.69, 9.17) is 16.7 Å². The summed E-state index contributed by atoms with van der Waals surface area (Å²) in [6.45, 7) is 0. The Morgan fingerprint density at radius 3 is 2.88 bits per heavy atom. The molecule has 0 atom stereocenters. The van der Waals surface area contributed by atoms with E-state index in [1.165, 1.54) is 0 Å². The molecule has 1 aromatic heterocycles. The number of carbonyl (C=O) groups is 2. The predicted molar refractivity (Wildman–Crippen MR) is 63.3 cm³/mol. The summed E-state index contributed by atoms with van der Waals surface area (Å²) in [6.07, 6.45) is -0.621. The minimum absolute atomic E-state index is 0.295. The Morgan fingerprint density at radius 2 is 2.18 bits per heavy atom. The average molecular weight is 272 g/mol. The molecule has 2 N–H and O–H groups in total. The monoisotopic (exact) mass is 271 g/mol. The number of fused-ring (bicyclic) bond motifs is 1. The van der Waals surface area contributed by atoms with E-state index >= 15 is 0 Å². The van der Waals surface area contributed by atoms with Crippen LogP contribution in [0, 0.1) is 0 Å². The van der Waals surface area contributed by atoms with Crippen LogP contribution in [0.4, 0.5) is 5.69 Å². The number of carboxylic acid groups (broad SMARTS) is 1. The second kappa shape index (κ2) is 4.64. The number of halogens is 1. The number of nitrogens with one attached hydrogen (secondary N) is 1. The van der Waals surface area contributed by atoms with Gasteiger partial charge in [-0.15, -0.1) is 0 Å². The van der Waals surface area contributed by atoms with Gasteiger partial charge in [-0.1, -0.05) is 11.6 Å². The molecule has 0 aliphatic carbocycles. The van der Waals surface area contributed by atoms with Crippen molar-refractivity contribution in [1.29, 1.82) is 0 Å². The Morgan fingerprint density at radius 1 is 1.41 bits per heavy atom. The molecule has 0 aliphatic rings. The molecule has 1 heterocycles. The first-order valence-corrected chi connectivity index (χ1v) is 5.61. The first-order chi connectivity index (χ1) is 8.08. The molecule has 0 saturated carbocycles. The fraction of sp³-hybridized carbons (Fsp3) is 0.111. The first-order valence-electron chi connectivity index (χ1n) is 4.50. The van der Waals surface area contributed by atoms with Gasteiger partial charge in [-0.25, -0.2) is 0 Å². The maximum atomic E-state index is 11.3. The van der Waals surface area contributed by atoms with Gasteiger partial charge in [0.05, 0.1) is 22.4 Å². The van der Waals surface area contributed by atoms with E-state index in [-0.39, 0.29) is 0 Å². The summed E-state index contributed by atoms with van der Waals surface area (Å²) >= 11 is 6.91. The Kier molecular flexibility index (Phi) is 3.21. The van der Waals surface area contributed by atoms with Crippen molar-refractivity contribution in [2.45, 2.75) is 6.42 Å².